The normalized spacial score (nSPS) is 30.9. The third-order valence-corrected chi connectivity index (χ3v) is 4.87. The minimum absolute atomic E-state index is 0.0620. The minimum Gasteiger partial charge on any atom is -0.311 e. The lowest BCUT2D eigenvalue weighted by atomic mass is 9.81. The largest absolute Gasteiger partial charge is 0.401 e. The summed E-state index contributed by atoms with van der Waals surface area (Å²) in [7, 11) is 0. The van der Waals surface area contributed by atoms with Crippen LogP contribution in [0.5, 0.6) is 0 Å². The van der Waals surface area contributed by atoms with Gasteiger partial charge in [-0.2, -0.15) is 13.2 Å². The Hall–Kier alpha value is -0.290. The molecule has 118 valence electrons. The Bertz CT molecular complexity index is 298. The average Bonchev–Trinajstić information content (AvgIpc) is 2.37. The lowest BCUT2D eigenvalue weighted by Crippen LogP contribution is -2.61. The van der Waals surface area contributed by atoms with E-state index >= 15 is 0 Å². The number of nitrogens with one attached hydrogen (secondary N) is 1. The summed E-state index contributed by atoms with van der Waals surface area (Å²) < 4.78 is 38.5. The molecular weight excluding hydrogens is 265 g/mol. The van der Waals surface area contributed by atoms with Gasteiger partial charge in [0.2, 0.25) is 0 Å². The fraction of sp³-hybridized carbons (Fsp3) is 1.00. The molecule has 2 atom stereocenters. The molecule has 0 aromatic carbocycles. The summed E-state index contributed by atoms with van der Waals surface area (Å²) in [6, 6.07) is 0.240. The van der Waals surface area contributed by atoms with E-state index in [0.29, 0.717) is 24.9 Å². The van der Waals surface area contributed by atoms with Crippen LogP contribution in [0.4, 0.5) is 13.2 Å². The van der Waals surface area contributed by atoms with Crippen molar-refractivity contribution in [3.8, 4) is 0 Å². The Morgan fingerprint density at radius 3 is 2.35 bits per heavy atom. The van der Waals surface area contributed by atoms with Crippen LogP contribution < -0.4 is 5.32 Å². The zero-order chi connectivity index (χ0) is 14.8. The highest BCUT2D eigenvalue weighted by molar-refractivity contribution is 4.92. The molecule has 1 heterocycles. The quantitative estimate of drug-likeness (QED) is 0.857. The maximum atomic E-state index is 12.8. The lowest BCUT2D eigenvalue weighted by molar-refractivity contribution is -0.158. The molecule has 0 aromatic rings. The number of piperazine rings is 1. The van der Waals surface area contributed by atoms with E-state index < -0.39 is 12.7 Å². The molecule has 0 amide bonds. The van der Waals surface area contributed by atoms with Gasteiger partial charge in [0.15, 0.2) is 0 Å². The summed E-state index contributed by atoms with van der Waals surface area (Å²) in [5.74, 6) is 0.810. The van der Waals surface area contributed by atoms with Crippen molar-refractivity contribution in [3.63, 3.8) is 0 Å². The maximum Gasteiger partial charge on any atom is 0.401 e. The fourth-order valence-corrected chi connectivity index (χ4v) is 3.70. The molecule has 2 nitrogen and oxygen atoms in total. The summed E-state index contributed by atoms with van der Waals surface area (Å²) in [4.78, 5) is 1.71. The van der Waals surface area contributed by atoms with Crippen molar-refractivity contribution in [2.45, 2.75) is 64.2 Å². The fourth-order valence-electron chi connectivity index (χ4n) is 3.70. The SMILES string of the molecule is CC(C)C1CN(CC(F)(F)F)C(C2CCCCC2)CN1. The maximum absolute atomic E-state index is 12.8. The van der Waals surface area contributed by atoms with Crippen molar-refractivity contribution >= 4 is 0 Å². The number of hydrogen-bond acceptors (Lipinski definition) is 2. The van der Waals surface area contributed by atoms with E-state index in [9.17, 15) is 13.2 Å². The van der Waals surface area contributed by atoms with E-state index in [0.717, 1.165) is 12.8 Å². The van der Waals surface area contributed by atoms with Crippen LogP contribution in [0.25, 0.3) is 0 Å². The smallest absolute Gasteiger partial charge is 0.311 e. The Kier molecular flexibility index (Phi) is 5.35. The monoisotopic (exact) mass is 292 g/mol. The van der Waals surface area contributed by atoms with Gasteiger partial charge < -0.3 is 5.32 Å². The predicted octanol–water partition coefficient (Wildman–Crippen LogP) is 3.43. The van der Waals surface area contributed by atoms with Gasteiger partial charge in [0, 0.05) is 25.2 Å². The first kappa shape index (κ1) is 16.1. The first-order valence-corrected chi connectivity index (χ1v) is 7.91. The van der Waals surface area contributed by atoms with Crippen LogP contribution in [0.2, 0.25) is 0 Å². The molecule has 2 rings (SSSR count). The second-order valence-corrected chi connectivity index (χ2v) is 6.77. The second kappa shape index (κ2) is 6.65. The van der Waals surface area contributed by atoms with Crippen LogP contribution in [-0.4, -0.2) is 42.8 Å². The van der Waals surface area contributed by atoms with Gasteiger partial charge in [-0.25, -0.2) is 0 Å². The molecule has 1 N–H and O–H groups in total. The van der Waals surface area contributed by atoms with E-state index in [4.69, 9.17) is 0 Å². The van der Waals surface area contributed by atoms with Gasteiger partial charge >= 0.3 is 6.18 Å². The van der Waals surface area contributed by atoms with E-state index in [-0.39, 0.29) is 12.1 Å². The predicted molar refractivity (Wildman–Crippen MR) is 74.6 cm³/mol. The van der Waals surface area contributed by atoms with Crippen molar-refractivity contribution in [1.82, 2.24) is 10.2 Å². The summed E-state index contributed by atoms with van der Waals surface area (Å²) in [5.41, 5.74) is 0. The van der Waals surface area contributed by atoms with Crippen LogP contribution in [0.15, 0.2) is 0 Å². The van der Waals surface area contributed by atoms with Crippen LogP contribution in [-0.2, 0) is 0 Å². The molecule has 0 bridgehead atoms. The highest BCUT2D eigenvalue weighted by Crippen LogP contribution is 2.32. The molecule has 1 aliphatic heterocycles. The highest BCUT2D eigenvalue weighted by atomic mass is 19.4. The van der Waals surface area contributed by atoms with Crippen molar-refractivity contribution in [1.29, 1.82) is 0 Å². The average molecular weight is 292 g/mol. The molecule has 1 aliphatic carbocycles. The van der Waals surface area contributed by atoms with Gasteiger partial charge in [-0.15, -0.1) is 0 Å². The molecule has 2 unspecified atom stereocenters. The molecule has 2 fully saturated rings. The van der Waals surface area contributed by atoms with Crippen molar-refractivity contribution < 1.29 is 13.2 Å². The van der Waals surface area contributed by atoms with Crippen LogP contribution in [0, 0.1) is 11.8 Å². The standard InChI is InChI=1S/C15H27F3N2/c1-11(2)13-9-20(10-15(16,17)18)14(8-19-13)12-6-4-3-5-7-12/h11-14,19H,3-10H2,1-2H3. The van der Waals surface area contributed by atoms with Gasteiger partial charge in [0.05, 0.1) is 6.54 Å². The molecular formula is C15H27F3N2. The van der Waals surface area contributed by atoms with Crippen molar-refractivity contribution in [3.05, 3.63) is 0 Å². The van der Waals surface area contributed by atoms with Gasteiger partial charge in [-0.1, -0.05) is 33.1 Å². The van der Waals surface area contributed by atoms with Gasteiger partial charge in [-0.05, 0) is 24.7 Å². The molecule has 0 spiro atoms. The molecule has 20 heavy (non-hydrogen) atoms. The molecule has 0 aromatic heterocycles. The first-order valence-electron chi connectivity index (χ1n) is 7.91. The summed E-state index contributed by atoms with van der Waals surface area (Å²) in [5, 5.41) is 3.47. The summed E-state index contributed by atoms with van der Waals surface area (Å²) in [6.07, 6.45) is 1.68. The van der Waals surface area contributed by atoms with Crippen molar-refractivity contribution in [2.24, 2.45) is 11.8 Å². The molecule has 1 saturated heterocycles. The van der Waals surface area contributed by atoms with Crippen molar-refractivity contribution in [2.75, 3.05) is 19.6 Å². The Balaban J connectivity index is 2.03. The van der Waals surface area contributed by atoms with Crippen LogP contribution in [0.1, 0.15) is 46.0 Å². The topological polar surface area (TPSA) is 15.3 Å². The second-order valence-electron chi connectivity index (χ2n) is 6.77. The molecule has 2 aliphatic rings. The first-order chi connectivity index (χ1) is 9.37. The highest BCUT2D eigenvalue weighted by Gasteiger charge is 2.40. The van der Waals surface area contributed by atoms with Gasteiger partial charge in [0.1, 0.15) is 0 Å². The third-order valence-electron chi connectivity index (χ3n) is 4.87. The summed E-state index contributed by atoms with van der Waals surface area (Å²) >= 11 is 0. The summed E-state index contributed by atoms with van der Waals surface area (Å²) in [6.45, 7) is 4.63. The number of halogens is 3. The zero-order valence-corrected chi connectivity index (χ0v) is 12.5. The van der Waals surface area contributed by atoms with E-state index in [2.05, 4.69) is 19.2 Å². The molecule has 5 heteroatoms. The Labute approximate surface area is 120 Å². The Morgan fingerprint density at radius 2 is 1.80 bits per heavy atom. The zero-order valence-electron chi connectivity index (χ0n) is 12.5. The van der Waals surface area contributed by atoms with Crippen LogP contribution in [0.3, 0.4) is 0 Å². The van der Waals surface area contributed by atoms with E-state index in [1.807, 2.05) is 0 Å². The third kappa shape index (κ3) is 4.35. The molecule has 0 radical (unpaired) electrons. The number of alkyl halides is 3. The molecule has 1 saturated carbocycles. The van der Waals surface area contributed by atoms with E-state index in [1.165, 1.54) is 19.3 Å². The number of nitrogens with zero attached hydrogens (tertiary/aromatic N) is 1. The lowest BCUT2D eigenvalue weighted by Gasteiger charge is -2.46. The number of hydrogen-bond donors (Lipinski definition) is 1. The Morgan fingerprint density at radius 1 is 1.15 bits per heavy atom. The van der Waals surface area contributed by atoms with Gasteiger partial charge in [0.25, 0.3) is 0 Å². The van der Waals surface area contributed by atoms with Gasteiger partial charge in [-0.3, -0.25) is 4.90 Å². The van der Waals surface area contributed by atoms with Crippen LogP contribution >= 0.6 is 0 Å². The number of rotatable bonds is 3. The minimum atomic E-state index is -4.09. The van der Waals surface area contributed by atoms with E-state index in [1.54, 1.807) is 4.90 Å².